The number of aromatic nitrogens is 1. The highest BCUT2D eigenvalue weighted by atomic mass is 16.2. The number of piperidine rings is 1. The van der Waals surface area contributed by atoms with Crippen LogP contribution in [0, 0.1) is 6.92 Å². The molecule has 2 heterocycles. The third kappa shape index (κ3) is 3.19. The third-order valence-corrected chi connectivity index (χ3v) is 2.84. The maximum Gasteiger partial charge on any atom is 0.320 e. The van der Waals surface area contributed by atoms with Gasteiger partial charge in [0.05, 0.1) is 0 Å². The van der Waals surface area contributed by atoms with E-state index in [1.165, 1.54) is 0 Å². The van der Waals surface area contributed by atoms with Crippen molar-refractivity contribution < 1.29 is 9.59 Å². The second-order valence-electron chi connectivity index (χ2n) is 4.31. The van der Waals surface area contributed by atoms with Crippen molar-refractivity contribution in [3.05, 3.63) is 23.9 Å². The molecule has 1 atom stereocenters. The zero-order valence-electron chi connectivity index (χ0n) is 10.2. The summed E-state index contributed by atoms with van der Waals surface area (Å²) < 4.78 is 0. The van der Waals surface area contributed by atoms with E-state index in [1.807, 2.05) is 19.1 Å². The van der Waals surface area contributed by atoms with Gasteiger partial charge < -0.3 is 10.6 Å². The molecule has 1 aliphatic rings. The fourth-order valence-electron chi connectivity index (χ4n) is 1.80. The Kier molecular flexibility index (Phi) is 3.76. The van der Waals surface area contributed by atoms with Gasteiger partial charge in [0.2, 0.25) is 5.91 Å². The molecule has 0 saturated carbocycles. The van der Waals surface area contributed by atoms with E-state index in [2.05, 4.69) is 20.9 Å². The van der Waals surface area contributed by atoms with Gasteiger partial charge in [0.25, 0.3) is 0 Å². The van der Waals surface area contributed by atoms with Crippen molar-refractivity contribution in [1.29, 1.82) is 0 Å². The summed E-state index contributed by atoms with van der Waals surface area (Å²) in [6.45, 7) is 2.36. The molecule has 3 N–H and O–H groups in total. The summed E-state index contributed by atoms with van der Waals surface area (Å²) in [6.07, 6.45) is 2.75. The SMILES string of the molecule is Cc1cccnc1NC(=O)NC1CCC(=O)NC1. The quantitative estimate of drug-likeness (QED) is 0.723. The Bertz CT molecular complexity index is 451. The number of hydrogen-bond acceptors (Lipinski definition) is 3. The molecule has 0 bridgehead atoms. The minimum absolute atomic E-state index is 0.0216. The Morgan fingerprint density at radius 1 is 1.56 bits per heavy atom. The van der Waals surface area contributed by atoms with Gasteiger partial charge in [-0.3, -0.25) is 10.1 Å². The van der Waals surface area contributed by atoms with Gasteiger partial charge >= 0.3 is 6.03 Å². The Hall–Kier alpha value is -2.11. The van der Waals surface area contributed by atoms with Gasteiger partial charge in [-0.15, -0.1) is 0 Å². The van der Waals surface area contributed by atoms with Crippen LogP contribution < -0.4 is 16.0 Å². The Morgan fingerprint density at radius 3 is 3.06 bits per heavy atom. The van der Waals surface area contributed by atoms with Crippen LogP contribution in [0.25, 0.3) is 0 Å². The first kappa shape index (κ1) is 12.3. The largest absolute Gasteiger partial charge is 0.354 e. The molecule has 1 unspecified atom stereocenters. The van der Waals surface area contributed by atoms with E-state index in [0.717, 1.165) is 5.56 Å². The van der Waals surface area contributed by atoms with Crippen LogP contribution in [0.4, 0.5) is 10.6 Å². The van der Waals surface area contributed by atoms with Crippen LogP contribution in [0.1, 0.15) is 18.4 Å². The van der Waals surface area contributed by atoms with Crippen LogP contribution in [0.5, 0.6) is 0 Å². The molecule has 1 aromatic rings. The molecule has 0 aromatic carbocycles. The zero-order valence-corrected chi connectivity index (χ0v) is 10.2. The number of anilines is 1. The summed E-state index contributed by atoms with van der Waals surface area (Å²) in [4.78, 5) is 26.8. The van der Waals surface area contributed by atoms with Crippen LogP contribution in [0.15, 0.2) is 18.3 Å². The molecular weight excluding hydrogens is 232 g/mol. The number of rotatable bonds is 2. The molecule has 0 spiro atoms. The fraction of sp³-hybridized carbons (Fsp3) is 0.417. The number of urea groups is 1. The highest BCUT2D eigenvalue weighted by molar-refractivity contribution is 5.89. The lowest BCUT2D eigenvalue weighted by molar-refractivity contribution is -0.122. The van der Waals surface area contributed by atoms with Crippen LogP contribution in [-0.4, -0.2) is 29.5 Å². The number of aryl methyl sites for hydroxylation is 1. The van der Waals surface area contributed by atoms with Crippen LogP contribution >= 0.6 is 0 Å². The predicted octanol–water partition coefficient (Wildman–Crippen LogP) is 0.790. The van der Waals surface area contributed by atoms with E-state index < -0.39 is 0 Å². The number of nitrogens with zero attached hydrogens (tertiary/aromatic N) is 1. The number of amides is 3. The fourth-order valence-corrected chi connectivity index (χ4v) is 1.80. The van der Waals surface area contributed by atoms with Crippen LogP contribution in [-0.2, 0) is 4.79 Å². The topological polar surface area (TPSA) is 83.1 Å². The van der Waals surface area contributed by atoms with Crippen molar-refractivity contribution in [1.82, 2.24) is 15.6 Å². The van der Waals surface area contributed by atoms with Crippen LogP contribution in [0.2, 0.25) is 0 Å². The molecule has 96 valence electrons. The van der Waals surface area contributed by atoms with Gasteiger partial charge in [0.1, 0.15) is 5.82 Å². The van der Waals surface area contributed by atoms with E-state index >= 15 is 0 Å². The lowest BCUT2D eigenvalue weighted by atomic mass is 10.1. The van der Waals surface area contributed by atoms with Gasteiger partial charge in [0.15, 0.2) is 0 Å². The number of carbonyl (C=O) groups excluding carboxylic acids is 2. The molecule has 2 rings (SSSR count). The van der Waals surface area contributed by atoms with E-state index in [-0.39, 0.29) is 18.0 Å². The molecule has 0 radical (unpaired) electrons. The summed E-state index contributed by atoms with van der Waals surface area (Å²) in [5.74, 6) is 0.587. The summed E-state index contributed by atoms with van der Waals surface area (Å²) in [5, 5.41) is 8.22. The highest BCUT2D eigenvalue weighted by Crippen LogP contribution is 2.09. The molecule has 3 amide bonds. The summed E-state index contributed by atoms with van der Waals surface area (Å²) in [6, 6.07) is 3.38. The van der Waals surface area contributed by atoms with Gasteiger partial charge in [-0.25, -0.2) is 9.78 Å². The van der Waals surface area contributed by atoms with Gasteiger partial charge in [-0.05, 0) is 25.0 Å². The van der Waals surface area contributed by atoms with Crippen LogP contribution in [0.3, 0.4) is 0 Å². The Labute approximate surface area is 105 Å². The van der Waals surface area contributed by atoms with Gasteiger partial charge in [-0.1, -0.05) is 6.07 Å². The lowest BCUT2D eigenvalue weighted by Gasteiger charge is -2.23. The van der Waals surface area contributed by atoms with E-state index in [0.29, 0.717) is 25.2 Å². The number of hydrogen-bond donors (Lipinski definition) is 3. The average Bonchev–Trinajstić information content (AvgIpc) is 2.35. The minimum Gasteiger partial charge on any atom is -0.354 e. The maximum absolute atomic E-state index is 11.7. The molecule has 18 heavy (non-hydrogen) atoms. The first-order valence-corrected chi connectivity index (χ1v) is 5.91. The van der Waals surface area contributed by atoms with Crippen molar-refractivity contribution >= 4 is 17.8 Å². The molecule has 1 fully saturated rings. The average molecular weight is 248 g/mol. The molecule has 6 nitrogen and oxygen atoms in total. The van der Waals surface area contributed by atoms with Gasteiger partial charge in [0, 0.05) is 25.2 Å². The van der Waals surface area contributed by atoms with Crippen molar-refractivity contribution in [3.63, 3.8) is 0 Å². The maximum atomic E-state index is 11.7. The molecule has 0 aliphatic carbocycles. The summed E-state index contributed by atoms with van der Waals surface area (Å²) in [5.41, 5.74) is 0.907. The monoisotopic (exact) mass is 248 g/mol. The second kappa shape index (κ2) is 5.48. The van der Waals surface area contributed by atoms with Crippen molar-refractivity contribution in [2.75, 3.05) is 11.9 Å². The molecule has 1 aliphatic heterocycles. The molecule has 1 aromatic heterocycles. The normalized spacial score (nSPS) is 18.9. The van der Waals surface area contributed by atoms with E-state index in [9.17, 15) is 9.59 Å². The predicted molar refractivity (Wildman–Crippen MR) is 67.2 cm³/mol. The smallest absolute Gasteiger partial charge is 0.320 e. The summed E-state index contributed by atoms with van der Waals surface area (Å²) >= 11 is 0. The number of nitrogens with one attached hydrogen (secondary N) is 3. The Morgan fingerprint density at radius 2 is 2.39 bits per heavy atom. The van der Waals surface area contributed by atoms with E-state index in [1.54, 1.807) is 6.20 Å². The summed E-state index contributed by atoms with van der Waals surface area (Å²) in [7, 11) is 0. The van der Waals surface area contributed by atoms with Crippen molar-refractivity contribution in [3.8, 4) is 0 Å². The number of pyridine rings is 1. The molecular formula is C12H16N4O2. The number of carbonyl (C=O) groups is 2. The molecule has 1 saturated heterocycles. The standard InChI is InChI=1S/C12H16N4O2/c1-8-3-2-6-13-11(8)16-12(18)15-9-4-5-10(17)14-7-9/h2-3,6,9H,4-5,7H2,1H3,(H,14,17)(H2,13,15,16,18). The first-order valence-electron chi connectivity index (χ1n) is 5.91. The highest BCUT2D eigenvalue weighted by Gasteiger charge is 2.19. The second-order valence-corrected chi connectivity index (χ2v) is 4.31. The third-order valence-electron chi connectivity index (χ3n) is 2.84. The zero-order chi connectivity index (χ0) is 13.0. The van der Waals surface area contributed by atoms with Crippen molar-refractivity contribution in [2.45, 2.75) is 25.8 Å². The Balaban J connectivity index is 1.86. The first-order chi connectivity index (χ1) is 8.65. The van der Waals surface area contributed by atoms with Crippen molar-refractivity contribution in [2.24, 2.45) is 0 Å². The minimum atomic E-state index is -0.294. The van der Waals surface area contributed by atoms with E-state index in [4.69, 9.17) is 0 Å². The van der Waals surface area contributed by atoms with Gasteiger partial charge in [-0.2, -0.15) is 0 Å². The lowest BCUT2D eigenvalue weighted by Crippen LogP contribution is -2.49. The molecule has 6 heteroatoms.